The van der Waals surface area contributed by atoms with E-state index in [1.165, 1.54) is 29.2 Å². The number of hydrogen-bond donors (Lipinski definition) is 1. The second kappa shape index (κ2) is 5.07. The molecule has 0 aromatic heterocycles. The third-order valence-corrected chi connectivity index (χ3v) is 3.51. The van der Waals surface area contributed by atoms with Crippen LogP contribution in [-0.4, -0.2) is 0 Å². The van der Waals surface area contributed by atoms with Crippen molar-refractivity contribution in [3.63, 3.8) is 0 Å². The fraction of sp³-hybridized carbons (Fsp3) is 0.333. The van der Waals surface area contributed by atoms with Gasteiger partial charge in [0.15, 0.2) is 0 Å². The Balaban J connectivity index is 0.00000108. The molecule has 1 saturated carbocycles. The van der Waals surface area contributed by atoms with E-state index in [4.69, 9.17) is 5.73 Å². The third-order valence-electron chi connectivity index (χ3n) is 3.51. The molecule has 3 rings (SSSR count). The van der Waals surface area contributed by atoms with Gasteiger partial charge in [-0.25, -0.2) is 0 Å². The Kier molecular flexibility index (Phi) is 3.70. The summed E-state index contributed by atoms with van der Waals surface area (Å²) in [6.45, 7) is 0. The van der Waals surface area contributed by atoms with Gasteiger partial charge in [0, 0.05) is 6.04 Å². The van der Waals surface area contributed by atoms with Crippen LogP contribution in [0, 0.1) is 5.92 Å². The zero-order valence-corrected chi connectivity index (χ0v) is 10.6. The number of hydrogen-bond acceptors (Lipinski definition) is 1. The molecule has 1 nitrogen and oxygen atoms in total. The minimum Gasteiger partial charge on any atom is -0.324 e. The van der Waals surface area contributed by atoms with E-state index in [2.05, 4.69) is 42.5 Å². The van der Waals surface area contributed by atoms with Crippen molar-refractivity contribution < 1.29 is 0 Å². The number of nitrogens with two attached hydrogens (primary N) is 1. The summed E-state index contributed by atoms with van der Waals surface area (Å²) in [5.74, 6) is 0.883. The first-order chi connectivity index (χ1) is 7.84. The first-order valence-electron chi connectivity index (χ1n) is 6.08. The van der Waals surface area contributed by atoms with Crippen LogP contribution < -0.4 is 5.73 Å². The lowest BCUT2D eigenvalue weighted by Crippen LogP contribution is -2.11. The van der Waals surface area contributed by atoms with Crippen LogP contribution in [0.5, 0.6) is 0 Å². The number of benzene rings is 2. The monoisotopic (exact) mass is 247 g/mol. The smallest absolute Gasteiger partial charge is 0.0303 e. The van der Waals surface area contributed by atoms with Gasteiger partial charge in [-0.2, -0.15) is 0 Å². The molecule has 0 amide bonds. The molecule has 17 heavy (non-hydrogen) atoms. The van der Waals surface area contributed by atoms with Crippen LogP contribution in [0.15, 0.2) is 42.5 Å². The molecule has 1 fully saturated rings. The van der Waals surface area contributed by atoms with Gasteiger partial charge in [-0.15, -0.1) is 12.4 Å². The Morgan fingerprint density at radius 3 is 2.53 bits per heavy atom. The lowest BCUT2D eigenvalue weighted by Gasteiger charge is -2.14. The van der Waals surface area contributed by atoms with E-state index in [9.17, 15) is 0 Å². The van der Waals surface area contributed by atoms with Gasteiger partial charge in [0.1, 0.15) is 0 Å². The lowest BCUT2D eigenvalue weighted by molar-refractivity contribution is 0.600. The van der Waals surface area contributed by atoms with E-state index in [1.54, 1.807) is 0 Å². The zero-order chi connectivity index (χ0) is 11.0. The minimum atomic E-state index is 0. The van der Waals surface area contributed by atoms with Crippen LogP contribution in [0.2, 0.25) is 0 Å². The molecule has 0 spiro atoms. The molecule has 90 valence electrons. The predicted octanol–water partition coefficient (Wildman–Crippen LogP) is 4.06. The maximum Gasteiger partial charge on any atom is 0.0303 e. The van der Waals surface area contributed by atoms with Gasteiger partial charge in [0.25, 0.3) is 0 Å². The molecule has 1 aliphatic rings. The lowest BCUT2D eigenvalue weighted by atomic mass is 9.96. The predicted molar refractivity (Wildman–Crippen MR) is 75.5 cm³/mol. The molecule has 0 heterocycles. The van der Waals surface area contributed by atoms with Crippen molar-refractivity contribution in [1.82, 2.24) is 0 Å². The summed E-state index contributed by atoms with van der Waals surface area (Å²) in [5.41, 5.74) is 7.61. The fourth-order valence-electron chi connectivity index (χ4n) is 2.41. The van der Waals surface area contributed by atoms with Crippen molar-refractivity contribution in [2.75, 3.05) is 0 Å². The van der Waals surface area contributed by atoms with Gasteiger partial charge in [0.2, 0.25) is 0 Å². The maximum atomic E-state index is 6.30. The van der Waals surface area contributed by atoms with E-state index in [0.29, 0.717) is 0 Å². The Bertz CT molecular complexity index is 500. The molecule has 0 unspecified atom stereocenters. The Hall–Kier alpha value is -1.05. The van der Waals surface area contributed by atoms with Gasteiger partial charge >= 0.3 is 0 Å². The Morgan fingerprint density at radius 2 is 1.76 bits per heavy atom. The summed E-state index contributed by atoms with van der Waals surface area (Å²) in [7, 11) is 0. The summed E-state index contributed by atoms with van der Waals surface area (Å²) in [4.78, 5) is 0. The van der Waals surface area contributed by atoms with Crippen molar-refractivity contribution in [2.24, 2.45) is 11.7 Å². The third kappa shape index (κ3) is 2.62. The molecular weight excluding hydrogens is 230 g/mol. The molecule has 2 N–H and O–H groups in total. The van der Waals surface area contributed by atoms with Gasteiger partial charge in [-0.1, -0.05) is 55.3 Å². The van der Waals surface area contributed by atoms with Crippen molar-refractivity contribution in [3.05, 3.63) is 48.0 Å². The van der Waals surface area contributed by atoms with E-state index in [-0.39, 0.29) is 18.4 Å². The molecule has 0 radical (unpaired) electrons. The van der Waals surface area contributed by atoms with E-state index >= 15 is 0 Å². The quantitative estimate of drug-likeness (QED) is 0.870. The van der Waals surface area contributed by atoms with E-state index in [0.717, 1.165) is 12.3 Å². The van der Waals surface area contributed by atoms with Crippen LogP contribution in [0.4, 0.5) is 0 Å². The summed E-state index contributed by atoms with van der Waals surface area (Å²) in [6.07, 6.45) is 3.89. The Morgan fingerprint density at radius 1 is 1.06 bits per heavy atom. The zero-order valence-electron chi connectivity index (χ0n) is 9.80. The molecule has 0 saturated heterocycles. The van der Waals surface area contributed by atoms with Crippen molar-refractivity contribution >= 4 is 23.2 Å². The van der Waals surface area contributed by atoms with Gasteiger partial charge < -0.3 is 5.73 Å². The SMILES string of the molecule is Cl.N[C@H](CC1CC1)c1cccc2ccccc12. The second-order valence-corrected chi connectivity index (χ2v) is 4.85. The van der Waals surface area contributed by atoms with E-state index in [1.807, 2.05) is 0 Å². The highest BCUT2D eigenvalue weighted by Gasteiger charge is 2.24. The Labute approximate surface area is 108 Å². The summed E-state index contributed by atoms with van der Waals surface area (Å²) in [5, 5.41) is 2.62. The first kappa shape index (κ1) is 12.4. The number of rotatable bonds is 3. The average molecular weight is 248 g/mol. The molecule has 2 aromatic carbocycles. The molecule has 1 atom stereocenters. The fourth-order valence-corrected chi connectivity index (χ4v) is 2.41. The van der Waals surface area contributed by atoms with Crippen LogP contribution in [0.1, 0.15) is 30.9 Å². The highest BCUT2D eigenvalue weighted by Crippen LogP contribution is 2.37. The highest BCUT2D eigenvalue weighted by atomic mass is 35.5. The average Bonchev–Trinajstić information content (AvgIpc) is 3.12. The summed E-state index contributed by atoms with van der Waals surface area (Å²) < 4.78 is 0. The summed E-state index contributed by atoms with van der Waals surface area (Å²) in [6, 6.07) is 15.2. The van der Waals surface area contributed by atoms with E-state index < -0.39 is 0 Å². The highest BCUT2D eigenvalue weighted by molar-refractivity contribution is 5.86. The molecule has 0 bridgehead atoms. The largest absolute Gasteiger partial charge is 0.324 e. The molecule has 2 aromatic rings. The number of halogens is 1. The van der Waals surface area contributed by atoms with Crippen LogP contribution in [0.3, 0.4) is 0 Å². The van der Waals surface area contributed by atoms with Crippen molar-refractivity contribution in [3.8, 4) is 0 Å². The summed E-state index contributed by atoms with van der Waals surface area (Å²) >= 11 is 0. The van der Waals surface area contributed by atoms with Crippen molar-refractivity contribution in [2.45, 2.75) is 25.3 Å². The van der Waals surface area contributed by atoms with Crippen LogP contribution >= 0.6 is 12.4 Å². The molecular formula is C15H18ClN. The maximum absolute atomic E-state index is 6.30. The molecule has 2 heteroatoms. The standard InChI is InChI=1S/C15H17N.ClH/c16-15(10-11-8-9-11)14-7-3-5-12-4-1-2-6-13(12)14;/h1-7,11,15H,8-10,16H2;1H/t15-;/m1./s1. The first-order valence-corrected chi connectivity index (χ1v) is 6.08. The van der Waals surface area contributed by atoms with Crippen LogP contribution in [-0.2, 0) is 0 Å². The normalized spacial score (nSPS) is 16.5. The second-order valence-electron chi connectivity index (χ2n) is 4.85. The topological polar surface area (TPSA) is 26.0 Å². The van der Waals surface area contributed by atoms with Gasteiger partial charge in [0.05, 0.1) is 0 Å². The van der Waals surface area contributed by atoms with Gasteiger partial charge in [-0.05, 0) is 28.7 Å². The molecule has 1 aliphatic carbocycles. The van der Waals surface area contributed by atoms with Crippen molar-refractivity contribution in [1.29, 1.82) is 0 Å². The number of fused-ring (bicyclic) bond motifs is 1. The van der Waals surface area contributed by atoms with Crippen LogP contribution in [0.25, 0.3) is 10.8 Å². The van der Waals surface area contributed by atoms with Gasteiger partial charge in [-0.3, -0.25) is 0 Å². The molecule has 0 aliphatic heterocycles. The minimum absolute atomic E-state index is 0.